The van der Waals surface area contributed by atoms with Crippen molar-refractivity contribution in [3.8, 4) is 11.3 Å². The monoisotopic (exact) mass is 303 g/mol. The van der Waals surface area contributed by atoms with Gasteiger partial charge in [-0.15, -0.1) is 0 Å². The fourth-order valence-corrected chi connectivity index (χ4v) is 3.15. The van der Waals surface area contributed by atoms with Crippen molar-refractivity contribution in [3.05, 3.63) is 48.4 Å². The van der Waals surface area contributed by atoms with Crippen molar-refractivity contribution in [2.75, 3.05) is 4.72 Å². The molecule has 0 aliphatic rings. The first-order valence-corrected chi connectivity index (χ1v) is 7.67. The van der Waals surface area contributed by atoms with Crippen LogP contribution in [-0.2, 0) is 10.0 Å². The minimum atomic E-state index is -3.63. The second-order valence-electron chi connectivity index (χ2n) is 4.51. The molecule has 7 nitrogen and oxygen atoms in total. The second-order valence-corrected chi connectivity index (χ2v) is 6.16. The molecule has 1 aromatic carbocycles. The maximum Gasteiger partial charge on any atom is 0.265 e. The molecule has 0 atom stereocenters. The average Bonchev–Trinajstić information content (AvgIpc) is 3.10. The van der Waals surface area contributed by atoms with Crippen LogP contribution in [0.1, 0.15) is 5.69 Å². The molecule has 0 amide bonds. The van der Waals surface area contributed by atoms with Gasteiger partial charge in [-0.2, -0.15) is 10.2 Å². The normalized spacial score (nSPS) is 11.5. The highest BCUT2D eigenvalue weighted by molar-refractivity contribution is 7.92. The lowest BCUT2D eigenvalue weighted by atomic mass is 10.1. The quantitative estimate of drug-likeness (QED) is 0.685. The Morgan fingerprint density at radius 3 is 2.38 bits per heavy atom. The van der Waals surface area contributed by atoms with E-state index in [1.807, 2.05) is 18.2 Å². The average molecular weight is 303 g/mol. The highest BCUT2D eigenvalue weighted by Gasteiger charge is 2.18. The Balaban J connectivity index is 1.84. The van der Waals surface area contributed by atoms with Crippen molar-refractivity contribution >= 4 is 15.7 Å². The maximum atomic E-state index is 12.2. The molecule has 0 aliphatic carbocycles. The highest BCUT2D eigenvalue weighted by atomic mass is 32.2. The number of sulfonamides is 1. The van der Waals surface area contributed by atoms with Gasteiger partial charge in [0.2, 0.25) is 0 Å². The van der Waals surface area contributed by atoms with E-state index in [0.717, 1.165) is 11.3 Å². The van der Waals surface area contributed by atoms with E-state index in [2.05, 4.69) is 25.1 Å². The number of nitrogens with one attached hydrogen (secondary N) is 3. The third kappa shape index (κ3) is 2.65. The predicted octanol–water partition coefficient (Wildman–Crippen LogP) is 1.91. The third-order valence-electron chi connectivity index (χ3n) is 3.02. The van der Waals surface area contributed by atoms with Crippen LogP contribution >= 0.6 is 0 Å². The third-order valence-corrected chi connectivity index (χ3v) is 4.52. The van der Waals surface area contributed by atoms with Crippen LogP contribution in [0.5, 0.6) is 0 Å². The Labute approximate surface area is 121 Å². The van der Waals surface area contributed by atoms with Crippen LogP contribution in [0.3, 0.4) is 0 Å². The maximum absolute atomic E-state index is 12.2. The minimum absolute atomic E-state index is 0.139. The number of rotatable bonds is 4. The SMILES string of the molecule is Cc1[nH]ncc1S(=O)(=O)Nc1ccc(-c2ccn[nH]2)cc1. The van der Waals surface area contributed by atoms with Gasteiger partial charge in [-0.05, 0) is 30.7 Å². The Kier molecular flexibility index (Phi) is 3.22. The van der Waals surface area contributed by atoms with Crippen molar-refractivity contribution in [3.63, 3.8) is 0 Å². The predicted molar refractivity (Wildman–Crippen MR) is 78.2 cm³/mol. The summed E-state index contributed by atoms with van der Waals surface area (Å²) in [6.45, 7) is 1.66. The van der Waals surface area contributed by atoms with Crippen LogP contribution in [-0.4, -0.2) is 28.8 Å². The molecule has 0 aliphatic heterocycles. The van der Waals surface area contributed by atoms with Gasteiger partial charge in [0.25, 0.3) is 10.0 Å². The topological polar surface area (TPSA) is 104 Å². The summed E-state index contributed by atoms with van der Waals surface area (Å²) in [7, 11) is -3.63. The van der Waals surface area contributed by atoms with Gasteiger partial charge in [-0.3, -0.25) is 14.9 Å². The number of hydrogen-bond acceptors (Lipinski definition) is 4. The number of nitrogens with zero attached hydrogens (tertiary/aromatic N) is 2. The van der Waals surface area contributed by atoms with Crippen LogP contribution < -0.4 is 4.72 Å². The first-order valence-electron chi connectivity index (χ1n) is 6.19. The number of H-pyrrole nitrogens is 2. The summed E-state index contributed by atoms with van der Waals surface area (Å²) in [4.78, 5) is 0.139. The van der Waals surface area contributed by atoms with Gasteiger partial charge < -0.3 is 0 Å². The summed E-state index contributed by atoms with van der Waals surface area (Å²) in [6, 6.07) is 8.86. The molecular formula is C13H13N5O2S. The van der Waals surface area contributed by atoms with E-state index in [4.69, 9.17) is 0 Å². The number of aryl methyl sites for hydroxylation is 1. The van der Waals surface area contributed by atoms with Gasteiger partial charge in [0, 0.05) is 11.9 Å². The lowest BCUT2D eigenvalue weighted by molar-refractivity contribution is 0.600. The van der Waals surface area contributed by atoms with Crippen molar-refractivity contribution in [2.24, 2.45) is 0 Å². The molecule has 3 rings (SSSR count). The first-order chi connectivity index (χ1) is 10.1. The number of benzene rings is 1. The number of hydrogen-bond donors (Lipinski definition) is 3. The summed E-state index contributed by atoms with van der Waals surface area (Å²) in [5.74, 6) is 0. The van der Waals surface area contributed by atoms with Crippen molar-refractivity contribution in [2.45, 2.75) is 11.8 Å². The molecule has 3 N–H and O–H groups in total. The molecular weight excluding hydrogens is 290 g/mol. The van der Waals surface area contributed by atoms with E-state index in [1.165, 1.54) is 6.20 Å². The molecule has 21 heavy (non-hydrogen) atoms. The van der Waals surface area contributed by atoms with Gasteiger partial charge in [-0.25, -0.2) is 8.42 Å². The Morgan fingerprint density at radius 1 is 1.05 bits per heavy atom. The van der Waals surface area contributed by atoms with Gasteiger partial charge in [0.1, 0.15) is 4.90 Å². The largest absolute Gasteiger partial charge is 0.281 e. The van der Waals surface area contributed by atoms with E-state index >= 15 is 0 Å². The lowest BCUT2D eigenvalue weighted by Gasteiger charge is -2.07. The fraction of sp³-hybridized carbons (Fsp3) is 0.0769. The Hall–Kier alpha value is -2.61. The fourth-order valence-electron chi connectivity index (χ4n) is 1.96. The van der Waals surface area contributed by atoms with E-state index in [9.17, 15) is 8.42 Å². The number of aromatic amines is 2. The molecule has 0 saturated carbocycles. The lowest BCUT2D eigenvalue weighted by Crippen LogP contribution is -2.13. The van der Waals surface area contributed by atoms with E-state index < -0.39 is 10.0 Å². The van der Waals surface area contributed by atoms with Crippen LogP contribution in [0.4, 0.5) is 5.69 Å². The first kappa shape index (κ1) is 13.4. The van der Waals surface area contributed by atoms with E-state index in [1.54, 1.807) is 25.3 Å². The Bertz CT molecular complexity index is 835. The molecule has 0 saturated heterocycles. The summed E-state index contributed by atoms with van der Waals surface area (Å²) in [5.41, 5.74) is 2.78. The Morgan fingerprint density at radius 2 is 1.81 bits per heavy atom. The van der Waals surface area contributed by atoms with E-state index in [-0.39, 0.29) is 4.90 Å². The summed E-state index contributed by atoms with van der Waals surface area (Å²) in [5, 5.41) is 13.1. The summed E-state index contributed by atoms with van der Waals surface area (Å²) >= 11 is 0. The summed E-state index contributed by atoms with van der Waals surface area (Å²) in [6.07, 6.45) is 2.95. The second kappa shape index (κ2) is 5.06. The molecule has 0 bridgehead atoms. The van der Waals surface area contributed by atoms with Crippen molar-refractivity contribution in [1.82, 2.24) is 20.4 Å². The van der Waals surface area contributed by atoms with Crippen LogP contribution in [0.2, 0.25) is 0 Å². The molecule has 0 unspecified atom stereocenters. The smallest absolute Gasteiger partial charge is 0.265 e. The molecule has 2 heterocycles. The molecule has 0 fully saturated rings. The van der Waals surface area contributed by atoms with Gasteiger partial charge in [-0.1, -0.05) is 12.1 Å². The zero-order chi connectivity index (χ0) is 14.9. The number of anilines is 1. The van der Waals surface area contributed by atoms with Crippen molar-refractivity contribution < 1.29 is 8.42 Å². The van der Waals surface area contributed by atoms with Gasteiger partial charge >= 0.3 is 0 Å². The molecule has 0 spiro atoms. The molecule has 8 heteroatoms. The standard InChI is InChI=1S/C13H13N5O2S/c1-9-13(8-15-16-9)21(19,20)18-11-4-2-10(3-5-11)12-6-7-14-17-12/h2-8,18H,1H3,(H,14,17)(H,15,16). The summed E-state index contributed by atoms with van der Waals surface area (Å²) < 4.78 is 26.9. The van der Waals surface area contributed by atoms with Crippen LogP contribution in [0, 0.1) is 6.92 Å². The van der Waals surface area contributed by atoms with Gasteiger partial charge in [0.15, 0.2) is 0 Å². The van der Waals surface area contributed by atoms with E-state index in [0.29, 0.717) is 11.4 Å². The van der Waals surface area contributed by atoms with Crippen LogP contribution in [0.15, 0.2) is 47.6 Å². The van der Waals surface area contributed by atoms with Gasteiger partial charge in [0.05, 0.1) is 17.6 Å². The zero-order valence-corrected chi connectivity index (χ0v) is 12.0. The van der Waals surface area contributed by atoms with Crippen molar-refractivity contribution in [1.29, 1.82) is 0 Å². The number of aromatic nitrogens is 4. The molecule has 2 aromatic heterocycles. The minimum Gasteiger partial charge on any atom is -0.281 e. The molecule has 0 radical (unpaired) electrons. The molecule has 3 aromatic rings. The zero-order valence-electron chi connectivity index (χ0n) is 11.2. The van der Waals surface area contributed by atoms with Crippen LogP contribution in [0.25, 0.3) is 11.3 Å². The molecule has 108 valence electrons. The highest BCUT2D eigenvalue weighted by Crippen LogP contribution is 2.21.